The Labute approximate surface area is 177 Å². The molecule has 0 aliphatic rings. The Morgan fingerprint density at radius 3 is 1.94 bits per heavy atom. The molecule has 0 aliphatic carbocycles. The summed E-state index contributed by atoms with van der Waals surface area (Å²) in [5.41, 5.74) is 0.389. The van der Waals surface area contributed by atoms with Crippen LogP contribution in [0.5, 0.6) is 0 Å². The van der Waals surface area contributed by atoms with E-state index >= 15 is 0 Å². The second-order valence-corrected chi connectivity index (χ2v) is 6.93. The molecule has 0 aliphatic heterocycles. The quantitative estimate of drug-likeness (QED) is 0.624. The van der Waals surface area contributed by atoms with Crippen molar-refractivity contribution >= 4 is 17.8 Å². The number of alkyl halides is 3. The first-order valence-electron chi connectivity index (χ1n) is 9.45. The highest BCUT2D eigenvalue weighted by Crippen LogP contribution is 2.29. The highest BCUT2D eigenvalue weighted by Gasteiger charge is 2.31. The van der Waals surface area contributed by atoms with E-state index in [-0.39, 0.29) is 12.8 Å². The summed E-state index contributed by atoms with van der Waals surface area (Å²) in [6.45, 7) is 1.27. The van der Waals surface area contributed by atoms with Crippen LogP contribution in [0.4, 0.5) is 13.2 Å². The molecule has 0 saturated heterocycles. The zero-order valence-corrected chi connectivity index (χ0v) is 17.0. The van der Waals surface area contributed by atoms with Crippen LogP contribution in [0.15, 0.2) is 54.6 Å². The summed E-state index contributed by atoms with van der Waals surface area (Å²) in [5.74, 6) is -1.79. The minimum Gasteiger partial charge on any atom is -0.467 e. The molecular formula is C22H23F3N2O4. The van der Waals surface area contributed by atoms with Gasteiger partial charge >= 0.3 is 12.1 Å². The van der Waals surface area contributed by atoms with Crippen LogP contribution >= 0.6 is 0 Å². The van der Waals surface area contributed by atoms with E-state index in [4.69, 9.17) is 4.74 Å². The predicted octanol–water partition coefficient (Wildman–Crippen LogP) is 2.65. The van der Waals surface area contributed by atoms with E-state index in [0.717, 1.165) is 24.8 Å². The number of amides is 2. The van der Waals surface area contributed by atoms with Gasteiger partial charge in [-0.25, -0.2) is 4.79 Å². The maximum atomic E-state index is 12.8. The summed E-state index contributed by atoms with van der Waals surface area (Å²) >= 11 is 0. The van der Waals surface area contributed by atoms with Gasteiger partial charge < -0.3 is 15.4 Å². The highest BCUT2D eigenvalue weighted by atomic mass is 19.4. The standard InChI is InChI=1S/C22H23F3N2O4/c1-14(28)26-18(12-15-6-4-3-5-7-15)20(29)27-19(21(30)31-2)13-16-8-10-17(11-9-16)22(23,24)25/h3-11,18-19H,12-13H2,1-2H3,(H,26,28)(H,27,29)/t18-,19-/m0/s1. The minimum atomic E-state index is -4.47. The Morgan fingerprint density at radius 2 is 1.42 bits per heavy atom. The molecule has 2 rings (SSSR count). The fourth-order valence-electron chi connectivity index (χ4n) is 2.98. The molecule has 2 aromatic carbocycles. The Bertz CT molecular complexity index is 899. The molecule has 0 radical (unpaired) electrons. The van der Waals surface area contributed by atoms with Crippen molar-refractivity contribution in [3.8, 4) is 0 Å². The van der Waals surface area contributed by atoms with Crippen molar-refractivity contribution in [1.82, 2.24) is 10.6 Å². The van der Waals surface area contributed by atoms with Gasteiger partial charge in [0, 0.05) is 19.8 Å². The van der Waals surface area contributed by atoms with Crippen LogP contribution in [0.2, 0.25) is 0 Å². The summed E-state index contributed by atoms with van der Waals surface area (Å²) in [5, 5.41) is 5.09. The van der Waals surface area contributed by atoms with Gasteiger partial charge in [0.25, 0.3) is 0 Å². The molecule has 0 spiro atoms. The Kier molecular flexibility index (Phi) is 8.18. The maximum Gasteiger partial charge on any atom is 0.416 e. The Morgan fingerprint density at radius 1 is 0.871 bits per heavy atom. The van der Waals surface area contributed by atoms with Crippen LogP contribution in [-0.4, -0.2) is 37.0 Å². The lowest BCUT2D eigenvalue weighted by atomic mass is 10.0. The minimum absolute atomic E-state index is 0.0747. The lowest BCUT2D eigenvalue weighted by Crippen LogP contribution is -2.53. The van der Waals surface area contributed by atoms with Crippen LogP contribution in [-0.2, 0) is 38.1 Å². The average molecular weight is 436 g/mol. The first-order valence-corrected chi connectivity index (χ1v) is 9.45. The average Bonchev–Trinajstić information content (AvgIpc) is 2.72. The molecule has 0 aromatic heterocycles. The molecule has 0 saturated carbocycles. The van der Waals surface area contributed by atoms with Gasteiger partial charge in [0.15, 0.2) is 0 Å². The van der Waals surface area contributed by atoms with E-state index in [1.807, 2.05) is 6.07 Å². The topological polar surface area (TPSA) is 84.5 Å². The van der Waals surface area contributed by atoms with Crippen LogP contribution < -0.4 is 10.6 Å². The molecule has 2 N–H and O–H groups in total. The van der Waals surface area contributed by atoms with E-state index < -0.39 is 41.6 Å². The molecule has 0 heterocycles. The summed E-state index contributed by atoms with van der Waals surface area (Å²) in [7, 11) is 1.14. The SMILES string of the molecule is COC(=O)[C@H](Cc1ccc(C(F)(F)F)cc1)NC(=O)[C@H](Cc1ccccc1)NC(C)=O. The van der Waals surface area contributed by atoms with Crippen molar-refractivity contribution in [2.24, 2.45) is 0 Å². The number of hydrogen-bond acceptors (Lipinski definition) is 4. The third-order valence-electron chi connectivity index (χ3n) is 4.50. The van der Waals surface area contributed by atoms with E-state index in [2.05, 4.69) is 10.6 Å². The fourth-order valence-corrected chi connectivity index (χ4v) is 2.98. The van der Waals surface area contributed by atoms with Crippen LogP contribution in [0.1, 0.15) is 23.6 Å². The van der Waals surface area contributed by atoms with Gasteiger partial charge in [-0.05, 0) is 23.3 Å². The van der Waals surface area contributed by atoms with Crippen LogP contribution in [0, 0.1) is 0 Å². The summed E-state index contributed by atoms with van der Waals surface area (Å²) in [6.07, 6.45) is -4.35. The third kappa shape index (κ3) is 7.44. The summed E-state index contributed by atoms with van der Waals surface area (Å²) in [6, 6.07) is 11.2. The Balaban J connectivity index is 2.16. The lowest BCUT2D eigenvalue weighted by Gasteiger charge is -2.22. The van der Waals surface area contributed by atoms with Crippen molar-refractivity contribution in [3.05, 3.63) is 71.3 Å². The second-order valence-electron chi connectivity index (χ2n) is 6.93. The predicted molar refractivity (Wildman–Crippen MR) is 107 cm³/mol. The molecule has 2 amide bonds. The summed E-state index contributed by atoms with van der Waals surface area (Å²) < 4.78 is 43.0. The number of carbonyl (C=O) groups is 3. The van der Waals surface area contributed by atoms with Crippen LogP contribution in [0.25, 0.3) is 0 Å². The zero-order chi connectivity index (χ0) is 23.0. The van der Waals surface area contributed by atoms with Crippen molar-refractivity contribution in [2.75, 3.05) is 7.11 Å². The summed E-state index contributed by atoms with van der Waals surface area (Å²) in [4.78, 5) is 36.5. The number of esters is 1. The molecular weight excluding hydrogens is 413 g/mol. The van der Waals surface area contributed by atoms with E-state index in [1.54, 1.807) is 24.3 Å². The lowest BCUT2D eigenvalue weighted by molar-refractivity contribution is -0.145. The van der Waals surface area contributed by atoms with E-state index in [1.165, 1.54) is 19.1 Å². The van der Waals surface area contributed by atoms with Crippen LogP contribution in [0.3, 0.4) is 0 Å². The first kappa shape index (κ1) is 23.9. The Hall–Kier alpha value is -3.36. The molecule has 0 fully saturated rings. The number of hydrogen-bond donors (Lipinski definition) is 2. The van der Waals surface area contributed by atoms with Gasteiger partial charge in [-0.15, -0.1) is 0 Å². The fraction of sp³-hybridized carbons (Fsp3) is 0.318. The molecule has 9 heteroatoms. The molecule has 6 nitrogen and oxygen atoms in total. The number of rotatable bonds is 8. The smallest absolute Gasteiger partial charge is 0.416 e. The van der Waals surface area contributed by atoms with Gasteiger partial charge in [0.05, 0.1) is 12.7 Å². The number of benzene rings is 2. The number of carbonyl (C=O) groups excluding carboxylic acids is 3. The van der Waals surface area contributed by atoms with Crippen molar-refractivity contribution in [1.29, 1.82) is 0 Å². The van der Waals surface area contributed by atoms with Gasteiger partial charge in [-0.1, -0.05) is 42.5 Å². The normalized spacial score (nSPS) is 13.1. The van der Waals surface area contributed by atoms with Crippen molar-refractivity contribution < 1.29 is 32.3 Å². The van der Waals surface area contributed by atoms with Gasteiger partial charge in [0.2, 0.25) is 11.8 Å². The monoisotopic (exact) mass is 436 g/mol. The highest BCUT2D eigenvalue weighted by molar-refractivity contribution is 5.90. The third-order valence-corrected chi connectivity index (χ3v) is 4.50. The molecule has 2 aromatic rings. The molecule has 2 atom stereocenters. The number of nitrogens with one attached hydrogen (secondary N) is 2. The van der Waals surface area contributed by atoms with Crippen molar-refractivity contribution in [2.45, 2.75) is 38.0 Å². The second kappa shape index (κ2) is 10.6. The molecule has 166 valence electrons. The van der Waals surface area contributed by atoms with Crippen molar-refractivity contribution in [3.63, 3.8) is 0 Å². The van der Waals surface area contributed by atoms with E-state index in [9.17, 15) is 27.6 Å². The number of halogens is 3. The number of ether oxygens (including phenoxy) is 1. The molecule has 0 bridgehead atoms. The maximum absolute atomic E-state index is 12.8. The number of methoxy groups -OCH3 is 1. The van der Waals surface area contributed by atoms with Gasteiger partial charge in [-0.3, -0.25) is 9.59 Å². The molecule has 0 unspecified atom stereocenters. The zero-order valence-electron chi connectivity index (χ0n) is 17.0. The van der Waals surface area contributed by atoms with E-state index in [0.29, 0.717) is 5.56 Å². The first-order chi connectivity index (χ1) is 14.6. The molecule has 31 heavy (non-hydrogen) atoms. The largest absolute Gasteiger partial charge is 0.467 e. The van der Waals surface area contributed by atoms with Gasteiger partial charge in [0.1, 0.15) is 12.1 Å². The van der Waals surface area contributed by atoms with Gasteiger partial charge in [-0.2, -0.15) is 13.2 Å².